The molecule has 0 aliphatic rings. The minimum atomic E-state index is -0.111. The van der Waals surface area contributed by atoms with Gasteiger partial charge in [0.05, 0.1) is 11.8 Å². The number of carbonyl (C=O) groups is 1. The molecule has 0 aromatic heterocycles. The lowest BCUT2D eigenvalue weighted by molar-refractivity contribution is -0.118. The molecule has 0 aromatic rings. The Hall–Kier alpha value is 0.330. The summed E-state index contributed by atoms with van der Waals surface area (Å²) in [4.78, 5) is 10.7. The predicted molar refractivity (Wildman–Crippen MR) is 45.3 cm³/mol. The van der Waals surface area contributed by atoms with Gasteiger partial charge in [0.1, 0.15) is 0 Å². The molecule has 0 radical (unpaired) electrons. The van der Waals surface area contributed by atoms with Gasteiger partial charge >= 0.3 is 0 Å². The van der Waals surface area contributed by atoms with Crippen LogP contribution in [0.2, 0.25) is 0 Å². The Balaban J connectivity index is 3.45. The topological polar surface area (TPSA) is 29.1 Å². The van der Waals surface area contributed by atoms with E-state index in [1.165, 1.54) is 0 Å². The van der Waals surface area contributed by atoms with Gasteiger partial charge in [-0.3, -0.25) is 10.1 Å². The summed E-state index contributed by atoms with van der Waals surface area (Å²) in [6.45, 7) is 1.80. The molecule has 0 aliphatic heterocycles. The lowest BCUT2D eigenvalue weighted by Crippen LogP contribution is -2.33. The van der Waals surface area contributed by atoms with Gasteiger partial charge in [-0.25, -0.2) is 0 Å². The number of thiol groups is 2. The molecule has 0 saturated carbocycles. The maximum Gasteiger partial charge on any atom is 0.159 e. The molecular weight excluding hydrogens is 154 g/mol. The Labute approximate surface area is 66.2 Å². The summed E-state index contributed by atoms with van der Waals surface area (Å²) in [5.74, 6) is 0.926. The van der Waals surface area contributed by atoms with Gasteiger partial charge in [-0.2, -0.15) is 25.3 Å². The highest BCUT2D eigenvalue weighted by atomic mass is 32.1. The standard InChI is InChI=1S/C5H11NOS2/c1-4(6-3-9)5(7)2-8/h4,6,8-9H,2-3H2,1H3/t4-/m0/s1. The lowest BCUT2D eigenvalue weighted by Gasteiger charge is -2.07. The fourth-order valence-electron chi connectivity index (χ4n) is 0.388. The van der Waals surface area contributed by atoms with Crippen molar-refractivity contribution in [1.82, 2.24) is 5.32 Å². The second-order valence-corrected chi connectivity index (χ2v) is 2.34. The van der Waals surface area contributed by atoms with Gasteiger partial charge in [0.15, 0.2) is 5.78 Å². The number of nitrogens with one attached hydrogen (secondary N) is 1. The Kier molecular flexibility index (Phi) is 5.33. The molecule has 0 aromatic carbocycles. The summed E-state index contributed by atoms with van der Waals surface area (Å²) in [5, 5.41) is 2.86. The van der Waals surface area contributed by atoms with Gasteiger partial charge in [0, 0.05) is 5.88 Å². The van der Waals surface area contributed by atoms with Crippen molar-refractivity contribution in [3.8, 4) is 0 Å². The van der Waals surface area contributed by atoms with Crippen molar-refractivity contribution in [3.63, 3.8) is 0 Å². The highest BCUT2D eigenvalue weighted by molar-refractivity contribution is 7.81. The maximum absolute atomic E-state index is 10.7. The highest BCUT2D eigenvalue weighted by Crippen LogP contribution is 1.87. The van der Waals surface area contributed by atoms with Crippen molar-refractivity contribution < 1.29 is 4.79 Å². The molecule has 1 atom stereocenters. The van der Waals surface area contributed by atoms with Gasteiger partial charge in [-0.15, -0.1) is 0 Å². The summed E-state index contributed by atoms with van der Waals surface area (Å²) in [6.07, 6.45) is 0. The lowest BCUT2D eigenvalue weighted by atomic mass is 10.2. The van der Waals surface area contributed by atoms with Gasteiger partial charge in [0.2, 0.25) is 0 Å². The molecule has 9 heavy (non-hydrogen) atoms. The van der Waals surface area contributed by atoms with Crippen LogP contribution in [-0.4, -0.2) is 23.5 Å². The third-order valence-corrected chi connectivity index (χ3v) is 1.53. The van der Waals surface area contributed by atoms with E-state index in [9.17, 15) is 4.79 Å². The van der Waals surface area contributed by atoms with Crippen LogP contribution in [0.15, 0.2) is 0 Å². The molecule has 0 aliphatic carbocycles. The average molecular weight is 165 g/mol. The van der Waals surface area contributed by atoms with Crippen molar-refractivity contribution in [3.05, 3.63) is 0 Å². The van der Waals surface area contributed by atoms with Crippen LogP contribution in [0.25, 0.3) is 0 Å². The van der Waals surface area contributed by atoms with Crippen LogP contribution in [0.5, 0.6) is 0 Å². The minimum Gasteiger partial charge on any atom is -0.299 e. The van der Waals surface area contributed by atoms with Crippen LogP contribution in [-0.2, 0) is 4.79 Å². The molecule has 0 amide bonds. The van der Waals surface area contributed by atoms with E-state index in [4.69, 9.17) is 0 Å². The molecule has 0 bridgehead atoms. The van der Waals surface area contributed by atoms with E-state index in [0.29, 0.717) is 11.6 Å². The second kappa shape index (κ2) is 5.14. The maximum atomic E-state index is 10.7. The summed E-state index contributed by atoms with van der Waals surface area (Å²) in [7, 11) is 0. The van der Waals surface area contributed by atoms with Gasteiger partial charge in [-0.1, -0.05) is 0 Å². The zero-order chi connectivity index (χ0) is 7.28. The molecule has 0 spiro atoms. The van der Waals surface area contributed by atoms with Crippen molar-refractivity contribution in [2.45, 2.75) is 13.0 Å². The fourth-order valence-corrected chi connectivity index (χ4v) is 0.935. The smallest absolute Gasteiger partial charge is 0.159 e. The molecule has 0 unspecified atom stereocenters. The quantitative estimate of drug-likeness (QED) is 0.414. The number of ketones is 1. The Bertz CT molecular complexity index is 97.0. The largest absolute Gasteiger partial charge is 0.299 e. The first-order valence-electron chi connectivity index (χ1n) is 2.70. The van der Waals surface area contributed by atoms with Crippen molar-refractivity contribution in [1.29, 1.82) is 0 Å². The van der Waals surface area contributed by atoms with Crippen molar-refractivity contribution in [2.75, 3.05) is 11.6 Å². The zero-order valence-electron chi connectivity index (χ0n) is 5.29. The molecule has 4 heteroatoms. The monoisotopic (exact) mass is 165 g/mol. The molecule has 1 N–H and O–H groups in total. The fraction of sp³-hybridized carbons (Fsp3) is 0.800. The average Bonchev–Trinajstić information content (AvgIpc) is 1.87. The Morgan fingerprint density at radius 3 is 2.56 bits per heavy atom. The van der Waals surface area contributed by atoms with E-state index in [0.717, 1.165) is 0 Å². The van der Waals surface area contributed by atoms with Crippen LogP contribution in [0.1, 0.15) is 6.92 Å². The first kappa shape index (κ1) is 9.33. The normalized spacial score (nSPS) is 13.2. The van der Waals surface area contributed by atoms with Crippen molar-refractivity contribution >= 4 is 31.0 Å². The van der Waals surface area contributed by atoms with Gasteiger partial charge in [0.25, 0.3) is 0 Å². The van der Waals surface area contributed by atoms with E-state index >= 15 is 0 Å². The molecule has 0 rings (SSSR count). The Morgan fingerprint density at radius 2 is 2.22 bits per heavy atom. The third-order valence-electron chi connectivity index (χ3n) is 1.04. The van der Waals surface area contributed by atoms with Crippen LogP contribution in [0.3, 0.4) is 0 Å². The summed E-state index contributed by atoms with van der Waals surface area (Å²) in [5.41, 5.74) is 0. The molecule has 0 saturated heterocycles. The Morgan fingerprint density at radius 1 is 1.67 bits per heavy atom. The van der Waals surface area contributed by atoms with Crippen LogP contribution in [0.4, 0.5) is 0 Å². The minimum absolute atomic E-state index is 0.104. The number of rotatable bonds is 4. The first-order valence-corrected chi connectivity index (χ1v) is 3.96. The van der Waals surface area contributed by atoms with E-state index in [-0.39, 0.29) is 11.8 Å². The van der Waals surface area contributed by atoms with Crippen molar-refractivity contribution in [2.24, 2.45) is 0 Å². The van der Waals surface area contributed by atoms with Crippen LogP contribution in [0, 0.1) is 0 Å². The molecule has 0 fully saturated rings. The SMILES string of the molecule is C[C@H](NCS)C(=O)CS. The summed E-state index contributed by atoms with van der Waals surface area (Å²) >= 11 is 7.74. The number of carbonyl (C=O) groups excluding carboxylic acids is 1. The van der Waals surface area contributed by atoms with E-state index < -0.39 is 0 Å². The summed E-state index contributed by atoms with van der Waals surface area (Å²) < 4.78 is 0. The molecule has 2 nitrogen and oxygen atoms in total. The van der Waals surface area contributed by atoms with E-state index in [2.05, 4.69) is 30.6 Å². The van der Waals surface area contributed by atoms with Gasteiger partial charge < -0.3 is 0 Å². The number of Topliss-reactive ketones (excluding diaryl/α,β-unsaturated/α-hetero) is 1. The van der Waals surface area contributed by atoms with Crippen LogP contribution >= 0.6 is 25.3 Å². The number of hydrogen-bond donors (Lipinski definition) is 3. The first-order chi connectivity index (χ1) is 4.22. The van der Waals surface area contributed by atoms with Gasteiger partial charge in [-0.05, 0) is 6.92 Å². The molecule has 0 heterocycles. The second-order valence-electron chi connectivity index (χ2n) is 1.71. The zero-order valence-corrected chi connectivity index (χ0v) is 7.08. The molecule has 54 valence electrons. The summed E-state index contributed by atoms with van der Waals surface area (Å²) in [6, 6.07) is -0.111. The highest BCUT2D eigenvalue weighted by Gasteiger charge is 2.07. The third kappa shape index (κ3) is 3.83. The number of hydrogen-bond acceptors (Lipinski definition) is 4. The van der Waals surface area contributed by atoms with E-state index in [1.807, 2.05) is 0 Å². The van der Waals surface area contributed by atoms with E-state index in [1.54, 1.807) is 6.92 Å². The predicted octanol–water partition coefficient (Wildman–Crippen LogP) is 0.351. The van der Waals surface area contributed by atoms with Crippen LogP contribution < -0.4 is 5.32 Å². The molecular formula is C5H11NOS2.